The van der Waals surface area contributed by atoms with Gasteiger partial charge in [-0.2, -0.15) is 0 Å². The zero-order valence-corrected chi connectivity index (χ0v) is 12.7. The van der Waals surface area contributed by atoms with Crippen LogP contribution in [0.15, 0.2) is 42.5 Å². The van der Waals surface area contributed by atoms with Crippen molar-refractivity contribution in [1.82, 2.24) is 0 Å². The molecule has 0 saturated carbocycles. The maximum absolute atomic E-state index is 11.4. The summed E-state index contributed by atoms with van der Waals surface area (Å²) in [5.74, 6) is -0.405. The van der Waals surface area contributed by atoms with Crippen LogP contribution < -0.4 is 4.74 Å². The highest BCUT2D eigenvalue weighted by Gasteiger charge is 2.21. The number of halogens is 1. The maximum atomic E-state index is 11.4. The van der Waals surface area contributed by atoms with Gasteiger partial charge in [-0.15, -0.1) is 0 Å². The molecular formula is C17H17ClO3. The van der Waals surface area contributed by atoms with Gasteiger partial charge in [-0.05, 0) is 42.7 Å². The standard InChI is InChI=1S/C17H17ClO3/c1-11-7-8-13(9-14(11)18)10-16(17(19)20)21-15-6-4-3-5-12(15)2/h3-9,16H,10H2,1-2H3,(H,19,20)/t16-/m1/s1. The Morgan fingerprint density at radius 2 is 1.90 bits per heavy atom. The number of carboxylic acids is 1. The fourth-order valence-electron chi connectivity index (χ4n) is 2.00. The van der Waals surface area contributed by atoms with Crippen LogP contribution in [0.3, 0.4) is 0 Å². The molecule has 0 spiro atoms. The van der Waals surface area contributed by atoms with Crippen LogP contribution in [0, 0.1) is 13.8 Å². The summed E-state index contributed by atoms with van der Waals surface area (Å²) in [4.78, 5) is 11.4. The number of aliphatic carboxylic acids is 1. The van der Waals surface area contributed by atoms with Crippen LogP contribution in [0.2, 0.25) is 5.02 Å². The van der Waals surface area contributed by atoms with E-state index in [4.69, 9.17) is 16.3 Å². The van der Waals surface area contributed by atoms with Crippen LogP contribution in [0.5, 0.6) is 5.75 Å². The van der Waals surface area contributed by atoms with Crippen molar-refractivity contribution in [2.45, 2.75) is 26.4 Å². The first-order chi connectivity index (χ1) is 9.97. The Morgan fingerprint density at radius 3 is 2.52 bits per heavy atom. The van der Waals surface area contributed by atoms with E-state index in [1.54, 1.807) is 12.1 Å². The molecule has 0 aliphatic carbocycles. The number of rotatable bonds is 5. The molecule has 0 heterocycles. The molecule has 110 valence electrons. The topological polar surface area (TPSA) is 46.5 Å². The van der Waals surface area contributed by atoms with Crippen LogP contribution in [0.1, 0.15) is 16.7 Å². The normalized spacial score (nSPS) is 12.0. The average molecular weight is 305 g/mol. The van der Waals surface area contributed by atoms with Crippen molar-refractivity contribution in [3.8, 4) is 5.75 Å². The van der Waals surface area contributed by atoms with Crippen LogP contribution >= 0.6 is 11.6 Å². The number of carbonyl (C=O) groups is 1. The number of ether oxygens (including phenoxy) is 1. The van der Waals surface area contributed by atoms with E-state index in [1.807, 2.05) is 44.2 Å². The minimum Gasteiger partial charge on any atom is -0.478 e. The van der Waals surface area contributed by atoms with Gasteiger partial charge in [0.2, 0.25) is 0 Å². The Bertz CT molecular complexity index is 652. The Hall–Kier alpha value is -2.00. The monoisotopic (exact) mass is 304 g/mol. The van der Waals surface area contributed by atoms with Crippen LogP contribution in [0.4, 0.5) is 0 Å². The second kappa shape index (κ2) is 6.64. The van der Waals surface area contributed by atoms with Gasteiger partial charge in [0.25, 0.3) is 0 Å². The Morgan fingerprint density at radius 1 is 1.19 bits per heavy atom. The molecule has 3 nitrogen and oxygen atoms in total. The molecule has 1 atom stereocenters. The summed E-state index contributed by atoms with van der Waals surface area (Å²) in [6.07, 6.45) is -0.672. The molecule has 0 amide bonds. The van der Waals surface area contributed by atoms with E-state index in [0.717, 1.165) is 16.7 Å². The summed E-state index contributed by atoms with van der Waals surface area (Å²) < 4.78 is 5.64. The van der Waals surface area contributed by atoms with E-state index < -0.39 is 12.1 Å². The number of aryl methyl sites for hydroxylation is 2. The first-order valence-electron chi connectivity index (χ1n) is 6.67. The van der Waals surface area contributed by atoms with Gasteiger partial charge in [0, 0.05) is 11.4 Å². The highest BCUT2D eigenvalue weighted by Crippen LogP contribution is 2.21. The van der Waals surface area contributed by atoms with Gasteiger partial charge in [-0.1, -0.05) is 41.9 Å². The predicted molar refractivity (Wildman–Crippen MR) is 83.1 cm³/mol. The lowest BCUT2D eigenvalue weighted by Crippen LogP contribution is -2.29. The molecule has 0 aliphatic heterocycles. The van der Waals surface area contributed by atoms with Gasteiger partial charge >= 0.3 is 5.97 Å². The Labute approximate surface area is 129 Å². The number of hydrogen-bond donors (Lipinski definition) is 1. The van der Waals surface area contributed by atoms with Crippen molar-refractivity contribution in [2.75, 3.05) is 0 Å². The number of hydrogen-bond acceptors (Lipinski definition) is 2. The fourth-order valence-corrected chi connectivity index (χ4v) is 2.20. The van der Waals surface area contributed by atoms with E-state index in [-0.39, 0.29) is 6.42 Å². The molecule has 0 fully saturated rings. The van der Waals surface area contributed by atoms with Crippen molar-refractivity contribution < 1.29 is 14.6 Å². The molecule has 0 unspecified atom stereocenters. The SMILES string of the molecule is Cc1ccc(C[C@@H](Oc2ccccc2C)C(=O)O)cc1Cl. The molecule has 0 radical (unpaired) electrons. The summed E-state index contributed by atoms with van der Waals surface area (Å²) in [6.45, 7) is 3.79. The van der Waals surface area contributed by atoms with Gasteiger partial charge in [0.05, 0.1) is 0 Å². The maximum Gasteiger partial charge on any atom is 0.345 e. The minimum atomic E-state index is -0.991. The summed E-state index contributed by atoms with van der Waals surface area (Å²) in [6, 6.07) is 12.9. The molecule has 0 aliphatic rings. The molecule has 2 rings (SSSR count). The van der Waals surface area contributed by atoms with Crippen molar-refractivity contribution in [2.24, 2.45) is 0 Å². The highest BCUT2D eigenvalue weighted by molar-refractivity contribution is 6.31. The van der Waals surface area contributed by atoms with Crippen molar-refractivity contribution in [3.05, 3.63) is 64.2 Å². The van der Waals surface area contributed by atoms with E-state index in [1.165, 1.54) is 0 Å². The van der Waals surface area contributed by atoms with E-state index in [2.05, 4.69) is 0 Å². The third-order valence-electron chi connectivity index (χ3n) is 3.30. The van der Waals surface area contributed by atoms with E-state index in [0.29, 0.717) is 10.8 Å². The van der Waals surface area contributed by atoms with Gasteiger partial charge < -0.3 is 9.84 Å². The summed E-state index contributed by atoms with van der Waals surface area (Å²) in [5.41, 5.74) is 2.71. The molecule has 0 bridgehead atoms. The largest absolute Gasteiger partial charge is 0.478 e. The Kier molecular flexibility index (Phi) is 4.86. The van der Waals surface area contributed by atoms with Gasteiger partial charge in [-0.3, -0.25) is 0 Å². The minimum absolute atomic E-state index is 0.268. The number of benzene rings is 2. The third kappa shape index (κ3) is 3.99. The Balaban J connectivity index is 2.18. The molecule has 2 aromatic rings. The van der Waals surface area contributed by atoms with Gasteiger partial charge in [0.1, 0.15) is 5.75 Å². The van der Waals surface area contributed by atoms with Crippen LogP contribution in [-0.2, 0) is 11.2 Å². The number of para-hydroxylation sites is 1. The summed E-state index contributed by atoms with van der Waals surface area (Å²) in [7, 11) is 0. The quantitative estimate of drug-likeness (QED) is 0.907. The molecule has 2 aromatic carbocycles. The predicted octanol–water partition coefficient (Wildman–Crippen LogP) is 4.03. The smallest absolute Gasteiger partial charge is 0.345 e. The zero-order chi connectivity index (χ0) is 15.4. The van der Waals surface area contributed by atoms with Crippen LogP contribution in [0.25, 0.3) is 0 Å². The van der Waals surface area contributed by atoms with Crippen molar-refractivity contribution in [1.29, 1.82) is 0 Å². The first kappa shape index (κ1) is 15.4. The lowest BCUT2D eigenvalue weighted by Gasteiger charge is -2.17. The highest BCUT2D eigenvalue weighted by atomic mass is 35.5. The lowest BCUT2D eigenvalue weighted by molar-refractivity contribution is -0.145. The molecule has 0 aromatic heterocycles. The molecular weight excluding hydrogens is 288 g/mol. The average Bonchev–Trinajstić information content (AvgIpc) is 2.44. The number of carboxylic acid groups (broad SMARTS) is 1. The molecule has 21 heavy (non-hydrogen) atoms. The van der Waals surface area contributed by atoms with Crippen LogP contribution in [-0.4, -0.2) is 17.2 Å². The van der Waals surface area contributed by atoms with E-state index in [9.17, 15) is 9.90 Å². The van der Waals surface area contributed by atoms with Crippen molar-refractivity contribution in [3.63, 3.8) is 0 Å². The molecule has 0 saturated heterocycles. The van der Waals surface area contributed by atoms with E-state index >= 15 is 0 Å². The summed E-state index contributed by atoms with van der Waals surface area (Å²) in [5, 5.41) is 9.98. The fraction of sp³-hybridized carbons (Fsp3) is 0.235. The lowest BCUT2D eigenvalue weighted by atomic mass is 10.1. The van der Waals surface area contributed by atoms with Gasteiger partial charge in [-0.25, -0.2) is 4.79 Å². The zero-order valence-electron chi connectivity index (χ0n) is 12.0. The second-order valence-corrected chi connectivity index (χ2v) is 5.41. The molecule has 1 N–H and O–H groups in total. The molecule has 4 heteroatoms. The summed E-state index contributed by atoms with van der Waals surface area (Å²) >= 11 is 6.07. The third-order valence-corrected chi connectivity index (χ3v) is 3.70. The second-order valence-electron chi connectivity index (χ2n) is 5.00. The van der Waals surface area contributed by atoms with Crippen molar-refractivity contribution >= 4 is 17.6 Å². The first-order valence-corrected chi connectivity index (χ1v) is 7.05. The van der Waals surface area contributed by atoms with Gasteiger partial charge in [0.15, 0.2) is 6.10 Å².